The highest BCUT2D eigenvalue weighted by Crippen LogP contribution is 2.21. The largest absolute Gasteiger partial charge is 0.271 e. The molecule has 4 heteroatoms. The van der Waals surface area contributed by atoms with Crippen molar-refractivity contribution in [2.45, 2.75) is 25.8 Å². The van der Waals surface area contributed by atoms with Crippen molar-refractivity contribution in [1.82, 2.24) is 15.4 Å². The van der Waals surface area contributed by atoms with E-state index in [1.165, 1.54) is 11.9 Å². The van der Waals surface area contributed by atoms with E-state index in [0.29, 0.717) is 0 Å². The zero-order valence-electron chi connectivity index (χ0n) is 10.5. The Bertz CT molecular complexity index is 484. The number of aromatic nitrogens is 2. The number of nitrogens with two attached hydrogens (primary N) is 1. The molecule has 0 aliphatic heterocycles. The summed E-state index contributed by atoms with van der Waals surface area (Å²) in [6, 6.07) is 8.39. The highest BCUT2D eigenvalue weighted by Gasteiger charge is 2.12. The first kappa shape index (κ1) is 12.7. The molecule has 1 aromatic carbocycles. The van der Waals surface area contributed by atoms with Gasteiger partial charge in [-0.3, -0.25) is 5.84 Å². The van der Waals surface area contributed by atoms with E-state index >= 15 is 0 Å². The van der Waals surface area contributed by atoms with Gasteiger partial charge >= 0.3 is 0 Å². The molecule has 2 rings (SSSR count). The van der Waals surface area contributed by atoms with E-state index in [1.807, 2.05) is 0 Å². The molecule has 0 amide bonds. The Kier molecular flexibility index (Phi) is 4.39. The molecule has 0 aliphatic rings. The summed E-state index contributed by atoms with van der Waals surface area (Å²) in [5, 5.41) is 0. The van der Waals surface area contributed by atoms with Gasteiger partial charge in [-0.05, 0) is 17.5 Å². The van der Waals surface area contributed by atoms with Crippen LogP contribution in [-0.2, 0) is 6.42 Å². The summed E-state index contributed by atoms with van der Waals surface area (Å²) in [4.78, 5) is 8.06. The number of hydrazine groups is 1. The third-order valence-electron chi connectivity index (χ3n) is 2.90. The molecule has 2 aromatic rings. The summed E-state index contributed by atoms with van der Waals surface area (Å²) in [6.07, 6.45) is 7.30. The summed E-state index contributed by atoms with van der Waals surface area (Å²) < 4.78 is 0. The molecule has 0 saturated heterocycles. The minimum atomic E-state index is -0.0667. The van der Waals surface area contributed by atoms with Gasteiger partial charge < -0.3 is 0 Å². The number of hydrogen-bond acceptors (Lipinski definition) is 4. The summed E-state index contributed by atoms with van der Waals surface area (Å²) in [5.41, 5.74) is 6.25. The van der Waals surface area contributed by atoms with Gasteiger partial charge in [0.1, 0.15) is 6.33 Å². The SMILES string of the molecule is CCCc1cccc(C(NN)c2cncnc2)c1. The lowest BCUT2D eigenvalue weighted by Crippen LogP contribution is -2.29. The zero-order valence-corrected chi connectivity index (χ0v) is 10.5. The summed E-state index contributed by atoms with van der Waals surface area (Å²) in [7, 11) is 0. The lowest BCUT2D eigenvalue weighted by Gasteiger charge is -2.16. The maximum Gasteiger partial charge on any atom is 0.115 e. The Morgan fingerprint density at radius 3 is 2.67 bits per heavy atom. The van der Waals surface area contributed by atoms with Crippen molar-refractivity contribution in [3.63, 3.8) is 0 Å². The Balaban J connectivity index is 2.30. The monoisotopic (exact) mass is 242 g/mol. The van der Waals surface area contributed by atoms with Crippen LogP contribution in [0.5, 0.6) is 0 Å². The normalized spacial score (nSPS) is 12.3. The molecule has 4 nitrogen and oxygen atoms in total. The molecule has 0 radical (unpaired) electrons. The van der Waals surface area contributed by atoms with Crippen molar-refractivity contribution < 1.29 is 0 Å². The first-order valence-electron chi connectivity index (χ1n) is 6.15. The lowest BCUT2D eigenvalue weighted by molar-refractivity contribution is 0.631. The van der Waals surface area contributed by atoms with Crippen LogP contribution >= 0.6 is 0 Å². The van der Waals surface area contributed by atoms with Crippen LogP contribution in [0.1, 0.15) is 36.1 Å². The smallest absolute Gasteiger partial charge is 0.115 e. The van der Waals surface area contributed by atoms with Crippen molar-refractivity contribution in [3.05, 3.63) is 59.7 Å². The van der Waals surface area contributed by atoms with E-state index in [4.69, 9.17) is 5.84 Å². The predicted octanol–water partition coefficient (Wildman–Crippen LogP) is 1.98. The fourth-order valence-corrected chi connectivity index (χ4v) is 2.06. The number of nitrogens with zero attached hydrogens (tertiary/aromatic N) is 2. The van der Waals surface area contributed by atoms with Crippen LogP contribution in [0, 0.1) is 0 Å². The van der Waals surface area contributed by atoms with E-state index in [1.54, 1.807) is 12.4 Å². The first-order valence-corrected chi connectivity index (χ1v) is 6.15. The van der Waals surface area contributed by atoms with Gasteiger partial charge in [-0.1, -0.05) is 37.6 Å². The van der Waals surface area contributed by atoms with Crippen LogP contribution in [0.3, 0.4) is 0 Å². The van der Waals surface area contributed by atoms with Crippen LogP contribution in [0.4, 0.5) is 0 Å². The average molecular weight is 242 g/mol. The molecule has 0 aliphatic carbocycles. The van der Waals surface area contributed by atoms with Gasteiger partial charge in [0.15, 0.2) is 0 Å². The molecule has 1 atom stereocenters. The fraction of sp³-hybridized carbons (Fsp3) is 0.286. The minimum Gasteiger partial charge on any atom is -0.271 e. The molecule has 0 saturated carbocycles. The Labute approximate surface area is 107 Å². The minimum absolute atomic E-state index is 0.0667. The average Bonchev–Trinajstić information content (AvgIpc) is 2.42. The van der Waals surface area contributed by atoms with Gasteiger partial charge in [0.25, 0.3) is 0 Å². The second-order valence-corrected chi connectivity index (χ2v) is 4.27. The third-order valence-corrected chi connectivity index (χ3v) is 2.90. The third kappa shape index (κ3) is 2.91. The van der Waals surface area contributed by atoms with Gasteiger partial charge in [-0.25, -0.2) is 15.4 Å². The standard InChI is InChI=1S/C14H18N4/c1-2-4-11-5-3-6-12(7-11)14(18-15)13-8-16-10-17-9-13/h3,5-10,14,18H,2,4,15H2,1H3. The van der Waals surface area contributed by atoms with Crippen LogP contribution in [0.15, 0.2) is 43.0 Å². The highest BCUT2D eigenvalue weighted by atomic mass is 15.2. The number of benzene rings is 1. The Morgan fingerprint density at radius 2 is 2.00 bits per heavy atom. The van der Waals surface area contributed by atoms with Gasteiger partial charge in [0.2, 0.25) is 0 Å². The van der Waals surface area contributed by atoms with E-state index in [2.05, 4.69) is 46.6 Å². The number of nitrogens with one attached hydrogen (secondary N) is 1. The molecule has 94 valence electrons. The Morgan fingerprint density at radius 1 is 1.22 bits per heavy atom. The van der Waals surface area contributed by atoms with Crippen LogP contribution in [-0.4, -0.2) is 9.97 Å². The molecule has 0 spiro atoms. The van der Waals surface area contributed by atoms with E-state index in [0.717, 1.165) is 24.0 Å². The molecular formula is C14H18N4. The zero-order chi connectivity index (χ0) is 12.8. The van der Waals surface area contributed by atoms with Gasteiger partial charge in [0, 0.05) is 18.0 Å². The summed E-state index contributed by atoms with van der Waals surface area (Å²) in [6.45, 7) is 2.18. The summed E-state index contributed by atoms with van der Waals surface area (Å²) >= 11 is 0. The lowest BCUT2D eigenvalue weighted by atomic mass is 9.98. The van der Waals surface area contributed by atoms with Crippen LogP contribution in [0.25, 0.3) is 0 Å². The molecule has 0 fully saturated rings. The van der Waals surface area contributed by atoms with Gasteiger partial charge in [-0.15, -0.1) is 0 Å². The van der Waals surface area contributed by atoms with Crippen molar-refractivity contribution in [3.8, 4) is 0 Å². The molecular weight excluding hydrogens is 224 g/mol. The molecule has 1 heterocycles. The van der Waals surface area contributed by atoms with Crippen LogP contribution < -0.4 is 11.3 Å². The summed E-state index contributed by atoms with van der Waals surface area (Å²) in [5.74, 6) is 5.66. The molecule has 1 unspecified atom stereocenters. The second-order valence-electron chi connectivity index (χ2n) is 4.27. The van der Waals surface area contributed by atoms with Crippen molar-refractivity contribution in [2.75, 3.05) is 0 Å². The van der Waals surface area contributed by atoms with E-state index in [-0.39, 0.29) is 6.04 Å². The fourth-order valence-electron chi connectivity index (χ4n) is 2.06. The molecule has 3 N–H and O–H groups in total. The number of hydrogen-bond donors (Lipinski definition) is 2. The van der Waals surface area contributed by atoms with Crippen molar-refractivity contribution >= 4 is 0 Å². The molecule has 18 heavy (non-hydrogen) atoms. The maximum atomic E-state index is 5.66. The highest BCUT2D eigenvalue weighted by molar-refractivity contribution is 5.32. The second kappa shape index (κ2) is 6.23. The van der Waals surface area contributed by atoms with E-state index < -0.39 is 0 Å². The first-order chi connectivity index (χ1) is 8.85. The predicted molar refractivity (Wildman–Crippen MR) is 71.6 cm³/mol. The van der Waals surface area contributed by atoms with Crippen molar-refractivity contribution in [1.29, 1.82) is 0 Å². The van der Waals surface area contributed by atoms with E-state index in [9.17, 15) is 0 Å². The topological polar surface area (TPSA) is 63.8 Å². The quantitative estimate of drug-likeness (QED) is 0.621. The maximum absolute atomic E-state index is 5.66. The molecule has 0 bridgehead atoms. The number of aryl methyl sites for hydroxylation is 1. The van der Waals surface area contributed by atoms with Gasteiger partial charge in [-0.2, -0.15) is 0 Å². The van der Waals surface area contributed by atoms with Crippen LogP contribution in [0.2, 0.25) is 0 Å². The van der Waals surface area contributed by atoms with Crippen molar-refractivity contribution in [2.24, 2.45) is 5.84 Å². The van der Waals surface area contributed by atoms with Gasteiger partial charge in [0.05, 0.1) is 6.04 Å². The Hall–Kier alpha value is -1.78. The molecule has 1 aromatic heterocycles. The number of rotatable bonds is 5.